The number of nitrogens with zero attached hydrogens (tertiary/aromatic N) is 6. The third-order valence-corrected chi connectivity index (χ3v) is 17.5. The predicted molar refractivity (Wildman–Crippen MR) is 338 cm³/mol. The minimum atomic E-state index is -1.86. The van der Waals surface area contributed by atoms with Crippen LogP contribution in [0.5, 0.6) is 0 Å². The smallest absolute Gasteiger partial charge is 0.430 e. The lowest BCUT2D eigenvalue weighted by atomic mass is 9.89. The third-order valence-electron chi connectivity index (χ3n) is 17.5. The van der Waals surface area contributed by atoms with Crippen LogP contribution in [0.3, 0.4) is 0 Å². The number of aliphatic carboxylic acids is 1. The molecule has 1 aromatic heterocycles. The molecule has 5 N–H and O–H groups in total. The zero-order valence-corrected chi connectivity index (χ0v) is 56.6. The first-order valence-corrected chi connectivity index (χ1v) is 32.4. The van der Waals surface area contributed by atoms with Crippen molar-refractivity contribution in [2.75, 3.05) is 61.1 Å². The summed E-state index contributed by atoms with van der Waals surface area (Å²) in [5, 5.41) is 21.0. The maximum atomic E-state index is 14.9. The van der Waals surface area contributed by atoms with E-state index >= 15 is 0 Å². The summed E-state index contributed by atoms with van der Waals surface area (Å²) in [6.07, 6.45) is -0.186. The van der Waals surface area contributed by atoms with E-state index in [1.807, 2.05) is 72.0 Å². The number of likely N-dealkylation sites (tertiary alicyclic amines) is 1. The zero-order chi connectivity index (χ0) is 68.5. The molecule has 0 saturated carbocycles. The molecule has 0 aliphatic carbocycles. The Kier molecular flexibility index (Phi) is 28.4. The largest absolute Gasteiger partial charge is 0.481 e. The highest BCUT2D eigenvalue weighted by molar-refractivity contribution is 6.04. The lowest BCUT2D eigenvalue weighted by molar-refractivity contribution is -0.199. The molecular weight excluding hydrogens is 1190 g/mol. The van der Waals surface area contributed by atoms with Crippen LogP contribution in [0.25, 0.3) is 10.9 Å². The van der Waals surface area contributed by atoms with Crippen molar-refractivity contribution >= 4 is 76.2 Å². The van der Waals surface area contributed by atoms with E-state index < -0.39 is 138 Å². The lowest BCUT2D eigenvalue weighted by Gasteiger charge is -2.41. The van der Waals surface area contributed by atoms with E-state index in [1.54, 1.807) is 35.7 Å². The summed E-state index contributed by atoms with van der Waals surface area (Å²) in [5.74, 6) is -8.30. The highest BCUT2D eigenvalue weighted by Crippen LogP contribution is 2.31. The van der Waals surface area contributed by atoms with Gasteiger partial charge in [0.15, 0.2) is 6.04 Å². The molecule has 3 saturated heterocycles. The van der Waals surface area contributed by atoms with Gasteiger partial charge in [-0.2, -0.15) is 10.0 Å². The van der Waals surface area contributed by atoms with Gasteiger partial charge in [0.25, 0.3) is 5.91 Å². The number of hydrazine groups is 1. The molecule has 9 amide bonds. The standard InChI is InChI=1S/C65H102N10O17/c1-16-40(6)56(48(88-14)36-51(78)72-32-21-25-47(72)58(89-15)41(7)59(82)68-46(62(85)73-33-19-20-34-90-73)35-43-37-67-45-24-18-17-23-44(43)45)71(13)63(86)54(38(2)3)69-61(84)55(39(4)5)70(12)31-22-26-53(81)91-42(8)57(60(83)66-30-29-52(79)80)75(64(87)92-65(9,10)11)74-49(76)27-28-50(74)77/h17-18,23-24,37-42,46-48,54-58,67H,16,19-22,25-36H2,1-15H3,(H,66,83)(H,68,82)(H,69,84)(H,79,80)/t40?,41?,42?,46?,47-,48?,54?,55?,56?,57?,58?/m0/s1. The molecule has 0 spiro atoms. The second-order valence-corrected chi connectivity index (χ2v) is 26.2. The molecule has 5 rings (SSSR count). The van der Waals surface area contributed by atoms with E-state index in [-0.39, 0.29) is 68.7 Å². The first-order chi connectivity index (χ1) is 43.4. The monoisotopic (exact) mass is 1290 g/mol. The van der Waals surface area contributed by atoms with Crippen LogP contribution in [-0.2, 0) is 78.2 Å². The van der Waals surface area contributed by atoms with E-state index in [9.17, 15) is 57.8 Å². The number of aromatic amines is 1. The summed E-state index contributed by atoms with van der Waals surface area (Å²) < 4.78 is 23.4. The number of nitrogens with one attached hydrogen (secondary N) is 4. The van der Waals surface area contributed by atoms with E-state index in [0.717, 1.165) is 29.3 Å². The number of carbonyl (C=O) groups excluding carboxylic acids is 10. The van der Waals surface area contributed by atoms with Gasteiger partial charge in [-0.15, -0.1) is 0 Å². The number of carbonyl (C=O) groups is 11. The number of H-pyrrole nitrogens is 1. The third kappa shape index (κ3) is 19.9. The number of benzene rings is 1. The molecule has 3 aliphatic heterocycles. The van der Waals surface area contributed by atoms with Gasteiger partial charge in [0.05, 0.1) is 55.7 Å². The molecule has 3 aliphatic rings. The molecular formula is C65H102N10O17. The molecule has 3 fully saturated rings. The van der Waals surface area contributed by atoms with Crippen molar-refractivity contribution in [1.82, 2.24) is 50.7 Å². The number of carboxylic acid groups (broad SMARTS) is 1. The van der Waals surface area contributed by atoms with E-state index in [1.165, 1.54) is 47.0 Å². The van der Waals surface area contributed by atoms with Crippen molar-refractivity contribution < 1.29 is 81.6 Å². The summed E-state index contributed by atoms with van der Waals surface area (Å²) in [6.45, 7) is 19.8. The second kappa shape index (κ2) is 34.6. The van der Waals surface area contributed by atoms with Gasteiger partial charge in [0, 0.05) is 83.7 Å². The predicted octanol–water partition coefficient (Wildman–Crippen LogP) is 4.74. The first kappa shape index (κ1) is 75.5. The molecule has 1 aromatic carbocycles. The summed E-state index contributed by atoms with van der Waals surface area (Å²) >= 11 is 0. The molecule has 92 heavy (non-hydrogen) atoms. The van der Waals surface area contributed by atoms with Crippen LogP contribution < -0.4 is 16.0 Å². The number of aromatic nitrogens is 1. The van der Waals surface area contributed by atoms with Gasteiger partial charge in [0.1, 0.15) is 23.8 Å². The maximum Gasteiger partial charge on any atom is 0.430 e. The minimum Gasteiger partial charge on any atom is -0.481 e. The topological polar surface area (TPSA) is 325 Å². The maximum absolute atomic E-state index is 14.9. The molecule has 514 valence electrons. The van der Waals surface area contributed by atoms with Crippen LogP contribution in [0, 0.1) is 23.7 Å². The molecule has 10 unspecified atom stereocenters. The number of fused-ring (bicyclic) bond motifs is 1. The minimum absolute atomic E-state index is 0.116. The van der Waals surface area contributed by atoms with Crippen molar-refractivity contribution in [1.29, 1.82) is 0 Å². The fraction of sp³-hybridized carbons (Fsp3) is 0.708. The number of rotatable bonds is 33. The fourth-order valence-electron chi connectivity index (χ4n) is 12.6. The summed E-state index contributed by atoms with van der Waals surface area (Å²) in [7, 11) is 6.35. The van der Waals surface area contributed by atoms with Crippen molar-refractivity contribution in [3.63, 3.8) is 0 Å². The van der Waals surface area contributed by atoms with Gasteiger partial charge in [-0.25, -0.2) is 9.86 Å². The van der Waals surface area contributed by atoms with E-state index in [2.05, 4.69) is 20.9 Å². The number of carboxylic acids is 1. The first-order valence-electron chi connectivity index (χ1n) is 32.4. The Morgan fingerprint density at radius 1 is 0.826 bits per heavy atom. The Morgan fingerprint density at radius 2 is 1.50 bits per heavy atom. The van der Waals surface area contributed by atoms with Gasteiger partial charge < -0.3 is 54.8 Å². The molecule has 0 bridgehead atoms. The van der Waals surface area contributed by atoms with Gasteiger partial charge in [-0.05, 0) is 103 Å². The van der Waals surface area contributed by atoms with Crippen LogP contribution >= 0.6 is 0 Å². The number of imide groups is 1. The average Bonchev–Trinajstić information content (AvgIpc) is 1.49. The highest BCUT2D eigenvalue weighted by atomic mass is 16.7. The number of hydrogen-bond acceptors (Lipinski definition) is 17. The Balaban J connectivity index is 1.25. The zero-order valence-electron chi connectivity index (χ0n) is 56.6. The van der Waals surface area contributed by atoms with Crippen LogP contribution in [0.1, 0.15) is 152 Å². The van der Waals surface area contributed by atoms with Gasteiger partial charge in [0.2, 0.25) is 41.4 Å². The highest BCUT2D eigenvalue weighted by Gasteiger charge is 2.49. The van der Waals surface area contributed by atoms with Crippen molar-refractivity contribution in [2.24, 2.45) is 23.7 Å². The molecule has 27 nitrogen and oxygen atoms in total. The number of hydrogen-bond donors (Lipinski definition) is 5. The normalized spacial score (nSPS) is 18.8. The summed E-state index contributed by atoms with van der Waals surface area (Å²) in [6, 6.07) is 1.94. The number of hydroxylamine groups is 2. The number of methoxy groups -OCH3 is 2. The molecule has 0 radical (unpaired) electrons. The second-order valence-electron chi connectivity index (χ2n) is 26.2. The Labute approximate surface area is 540 Å². The van der Waals surface area contributed by atoms with Gasteiger partial charge in [-0.1, -0.05) is 73.1 Å². The van der Waals surface area contributed by atoms with Gasteiger partial charge >= 0.3 is 18.0 Å². The number of likely N-dealkylation sites (N-methyl/N-ethyl adjacent to an activating group) is 2. The molecule has 11 atom stereocenters. The van der Waals surface area contributed by atoms with Gasteiger partial charge in [-0.3, -0.25) is 57.7 Å². The quantitative estimate of drug-likeness (QED) is 0.0476. The van der Waals surface area contributed by atoms with E-state index in [0.29, 0.717) is 49.0 Å². The molecule has 4 heterocycles. The Morgan fingerprint density at radius 3 is 2.09 bits per heavy atom. The number of amides is 9. The van der Waals surface area contributed by atoms with E-state index in [4.69, 9.17) is 23.8 Å². The van der Waals surface area contributed by atoms with Crippen molar-refractivity contribution in [3.8, 4) is 0 Å². The van der Waals surface area contributed by atoms with Crippen LogP contribution in [-0.4, -0.2) is 226 Å². The Bertz CT molecular complexity index is 2870. The van der Waals surface area contributed by atoms with Crippen LogP contribution in [0.2, 0.25) is 0 Å². The number of esters is 1. The molecule has 2 aromatic rings. The summed E-state index contributed by atoms with van der Waals surface area (Å²) in [4.78, 5) is 165. The lowest BCUT2D eigenvalue weighted by Crippen LogP contribution is -2.63. The van der Waals surface area contributed by atoms with Crippen LogP contribution in [0.15, 0.2) is 30.5 Å². The summed E-state index contributed by atoms with van der Waals surface area (Å²) in [5.41, 5.74) is 0.591. The average molecular weight is 1300 g/mol. The van der Waals surface area contributed by atoms with Crippen molar-refractivity contribution in [2.45, 2.75) is 213 Å². The van der Waals surface area contributed by atoms with Crippen LogP contribution in [0.4, 0.5) is 4.79 Å². The van der Waals surface area contributed by atoms with Crippen molar-refractivity contribution in [3.05, 3.63) is 36.0 Å². The Hall–Kier alpha value is -7.23. The molecule has 27 heteroatoms. The number of para-hydroxylation sites is 1. The SMILES string of the molecule is CCC(C)C(C(CC(=O)N1CCC[C@H]1C(OC)C(C)C(=O)NC(Cc1c[nH]c2ccccc12)C(=O)N1CCCCO1)OC)N(C)C(=O)C(NC(=O)C(C(C)C)N(C)CCCC(=O)OC(C)C(C(=O)NCCC(=O)O)N(C(=O)OC(C)(C)C)N1C(=O)CCC1=O)C(C)C. The fourth-order valence-corrected chi connectivity index (χ4v) is 12.6. The number of ether oxygens (including phenoxy) is 4.